The van der Waals surface area contributed by atoms with Crippen molar-refractivity contribution in [2.24, 2.45) is 0 Å². The number of nitrogens with zero attached hydrogens (tertiary/aromatic N) is 2. The second-order valence-corrected chi connectivity index (χ2v) is 7.69. The van der Waals surface area contributed by atoms with E-state index in [1.54, 1.807) is 0 Å². The molecule has 0 fully saturated rings. The molecule has 4 aromatic rings. The smallest absolute Gasteiger partial charge is 0.162 e. The van der Waals surface area contributed by atoms with Crippen LogP contribution < -0.4 is 5.32 Å². The molecule has 0 spiro atoms. The average Bonchev–Trinajstić information content (AvgIpc) is 2.72. The van der Waals surface area contributed by atoms with Crippen molar-refractivity contribution in [2.45, 2.75) is 13.8 Å². The van der Waals surface area contributed by atoms with Crippen molar-refractivity contribution in [3.8, 4) is 22.6 Å². The summed E-state index contributed by atoms with van der Waals surface area (Å²) in [4.78, 5) is 9.61. The monoisotopic (exact) mass is 429 g/mol. The first-order valence-corrected chi connectivity index (χ1v) is 9.92. The summed E-state index contributed by atoms with van der Waals surface area (Å²) in [5.41, 5.74) is 6.37. The van der Waals surface area contributed by atoms with E-state index in [2.05, 4.69) is 65.4 Å². The van der Waals surface area contributed by atoms with Gasteiger partial charge in [-0.2, -0.15) is 0 Å². The third-order valence-electron chi connectivity index (χ3n) is 4.55. The maximum absolute atomic E-state index is 4.82. The highest BCUT2D eigenvalue weighted by molar-refractivity contribution is 9.10. The number of halogens is 1. The molecule has 28 heavy (non-hydrogen) atoms. The van der Waals surface area contributed by atoms with Crippen molar-refractivity contribution >= 4 is 27.4 Å². The molecule has 0 aliphatic rings. The number of benzene rings is 3. The maximum atomic E-state index is 4.82. The Morgan fingerprint density at radius 3 is 2.25 bits per heavy atom. The van der Waals surface area contributed by atoms with Crippen LogP contribution in [0.4, 0.5) is 11.5 Å². The van der Waals surface area contributed by atoms with Crippen molar-refractivity contribution in [3.63, 3.8) is 0 Å². The van der Waals surface area contributed by atoms with Gasteiger partial charge >= 0.3 is 0 Å². The van der Waals surface area contributed by atoms with Crippen molar-refractivity contribution < 1.29 is 0 Å². The highest BCUT2D eigenvalue weighted by Gasteiger charge is 2.10. The summed E-state index contributed by atoms with van der Waals surface area (Å²) in [5, 5.41) is 3.48. The van der Waals surface area contributed by atoms with Crippen molar-refractivity contribution in [3.05, 3.63) is 94.5 Å². The van der Waals surface area contributed by atoms with Crippen LogP contribution in [-0.2, 0) is 0 Å². The summed E-state index contributed by atoms with van der Waals surface area (Å²) in [6, 6.07) is 26.6. The first kappa shape index (κ1) is 18.4. The highest BCUT2D eigenvalue weighted by atomic mass is 79.9. The molecule has 4 heteroatoms. The molecular weight excluding hydrogens is 410 g/mol. The maximum Gasteiger partial charge on any atom is 0.162 e. The van der Waals surface area contributed by atoms with Gasteiger partial charge in [-0.15, -0.1) is 0 Å². The van der Waals surface area contributed by atoms with Gasteiger partial charge in [0.05, 0.1) is 5.69 Å². The fourth-order valence-corrected chi connectivity index (χ4v) is 3.27. The molecule has 0 saturated heterocycles. The molecular formula is C24H20BrN3. The van der Waals surface area contributed by atoms with Crippen LogP contribution in [0.2, 0.25) is 0 Å². The van der Waals surface area contributed by atoms with Crippen molar-refractivity contribution in [2.75, 3.05) is 5.32 Å². The summed E-state index contributed by atoms with van der Waals surface area (Å²) in [6.07, 6.45) is 0. The van der Waals surface area contributed by atoms with Gasteiger partial charge < -0.3 is 5.32 Å². The van der Waals surface area contributed by atoms with Crippen LogP contribution in [0, 0.1) is 13.8 Å². The predicted octanol–water partition coefficient (Wildman–Crippen LogP) is 6.93. The van der Waals surface area contributed by atoms with Crippen LogP contribution in [-0.4, -0.2) is 9.97 Å². The summed E-state index contributed by atoms with van der Waals surface area (Å²) in [7, 11) is 0. The summed E-state index contributed by atoms with van der Waals surface area (Å²) < 4.78 is 1.03. The largest absolute Gasteiger partial charge is 0.340 e. The number of nitrogens with one attached hydrogen (secondary N) is 1. The lowest BCUT2D eigenvalue weighted by Gasteiger charge is -2.13. The van der Waals surface area contributed by atoms with Crippen LogP contribution in [0.15, 0.2) is 83.3 Å². The van der Waals surface area contributed by atoms with Crippen LogP contribution in [0.5, 0.6) is 0 Å². The second-order valence-electron chi connectivity index (χ2n) is 6.78. The number of aromatic nitrogens is 2. The van der Waals surface area contributed by atoms with Crippen LogP contribution in [0.25, 0.3) is 22.6 Å². The van der Waals surface area contributed by atoms with Gasteiger partial charge in [-0.1, -0.05) is 70.5 Å². The Kier molecular flexibility index (Phi) is 5.22. The fourth-order valence-electron chi connectivity index (χ4n) is 3.00. The van der Waals surface area contributed by atoms with Crippen molar-refractivity contribution in [1.82, 2.24) is 9.97 Å². The number of rotatable bonds is 4. The SMILES string of the molecule is Cc1ccc(C)c(Nc2cc(-c3ccccc3)nc(-c3ccc(Br)cc3)n2)c1. The lowest BCUT2D eigenvalue weighted by molar-refractivity contribution is 1.17. The third-order valence-corrected chi connectivity index (χ3v) is 5.08. The summed E-state index contributed by atoms with van der Waals surface area (Å²) in [6.45, 7) is 4.18. The van der Waals surface area contributed by atoms with Gasteiger partial charge in [0.25, 0.3) is 0 Å². The van der Waals surface area contributed by atoms with E-state index >= 15 is 0 Å². The molecule has 0 radical (unpaired) electrons. The average molecular weight is 430 g/mol. The van der Waals surface area contributed by atoms with E-state index in [1.807, 2.05) is 48.5 Å². The topological polar surface area (TPSA) is 37.8 Å². The Bertz CT molecular complexity index is 1110. The van der Waals surface area contributed by atoms with Crippen molar-refractivity contribution in [1.29, 1.82) is 0 Å². The van der Waals surface area contributed by atoms with Crippen LogP contribution in [0.1, 0.15) is 11.1 Å². The Morgan fingerprint density at radius 2 is 1.50 bits per heavy atom. The Balaban J connectivity index is 1.82. The number of hydrogen-bond acceptors (Lipinski definition) is 3. The van der Waals surface area contributed by atoms with E-state index in [0.717, 1.165) is 32.8 Å². The van der Waals surface area contributed by atoms with Gasteiger partial charge in [0.15, 0.2) is 5.82 Å². The fraction of sp³-hybridized carbons (Fsp3) is 0.0833. The molecule has 138 valence electrons. The van der Waals surface area contributed by atoms with E-state index in [-0.39, 0.29) is 0 Å². The first-order valence-electron chi connectivity index (χ1n) is 9.13. The zero-order valence-electron chi connectivity index (χ0n) is 15.8. The molecule has 1 aromatic heterocycles. The molecule has 1 N–H and O–H groups in total. The van der Waals surface area contributed by atoms with Gasteiger partial charge in [0, 0.05) is 27.4 Å². The van der Waals surface area contributed by atoms with E-state index in [0.29, 0.717) is 5.82 Å². The molecule has 0 saturated carbocycles. The van der Waals surface area contributed by atoms with E-state index in [9.17, 15) is 0 Å². The molecule has 1 heterocycles. The standard InChI is InChI=1S/C24H20BrN3/c1-16-8-9-17(2)21(14-16)26-23-15-22(18-6-4-3-5-7-18)27-24(28-23)19-10-12-20(25)13-11-19/h3-15H,1-2H3,(H,26,27,28). The Morgan fingerprint density at radius 1 is 0.750 bits per heavy atom. The zero-order valence-corrected chi connectivity index (χ0v) is 17.4. The van der Waals surface area contributed by atoms with Gasteiger partial charge in [0.1, 0.15) is 5.82 Å². The first-order chi connectivity index (χ1) is 13.6. The highest BCUT2D eigenvalue weighted by Crippen LogP contribution is 2.28. The zero-order chi connectivity index (χ0) is 19.5. The predicted molar refractivity (Wildman–Crippen MR) is 120 cm³/mol. The second kappa shape index (κ2) is 7.95. The Hall–Kier alpha value is -2.98. The van der Waals surface area contributed by atoms with Gasteiger partial charge in [-0.3, -0.25) is 0 Å². The molecule has 0 atom stereocenters. The van der Waals surface area contributed by atoms with Gasteiger partial charge in [0.2, 0.25) is 0 Å². The molecule has 0 bridgehead atoms. The van der Waals surface area contributed by atoms with E-state index in [4.69, 9.17) is 9.97 Å². The van der Waals surface area contributed by atoms with E-state index in [1.165, 1.54) is 11.1 Å². The van der Waals surface area contributed by atoms with Gasteiger partial charge in [-0.05, 0) is 43.2 Å². The molecule has 0 aliphatic heterocycles. The lowest BCUT2D eigenvalue weighted by atomic mass is 10.1. The van der Waals surface area contributed by atoms with Crippen LogP contribution in [0.3, 0.4) is 0 Å². The molecule has 4 rings (SSSR count). The lowest BCUT2D eigenvalue weighted by Crippen LogP contribution is -2.00. The molecule has 0 unspecified atom stereocenters. The Labute approximate surface area is 173 Å². The summed E-state index contributed by atoms with van der Waals surface area (Å²) in [5.74, 6) is 1.47. The minimum absolute atomic E-state index is 0.696. The molecule has 0 amide bonds. The number of hydrogen-bond donors (Lipinski definition) is 1. The van der Waals surface area contributed by atoms with Gasteiger partial charge in [-0.25, -0.2) is 9.97 Å². The molecule has 3 nitrogen and oxygen atoms in total. The normalized spacial score (nSPS) is 10.7. The number of anilines is 2. The number of aryl methyl sites for hydroxylation is 2. The molecule has 3 aromatic carbocycles. The molecule has 0 aliphatic carbocycles. The van der Waals surface area contributed by atoms with Crippen LogP contribution >= 0.6 is 15.9 Å². The van der Waals surface area contributed by atoms with E-state index < -0.39 is 0 Å². The minimum Gasteiger partial charge on any atom is -0.340 e. The quantitative estimate of drug-likeness (QED) is 0.381. The summed E-state index contributed by atoms with van der Waals surface area (Å²) >= 11 is 3.49. The third kappa shape index (κ3) is 4.12. The minimum atomic E-state index is 0.696.